The van der Waals surface area contributed by atoms with E-state index >= 15 is 0 Å². The van der Waals surface area contributed by atoms with E-state index in [0.29, 0.717) is 25.2 Å². The lowest BCUT2D eigenvalue weighted by Gasteiger charge is -2.17. The normalized spacial score (nSPS) is 20.7. The summed E-state index contributed by atoms with van der Waals surface area (Å²) in [5.41, 5.74) is -0.0470. The minimum atomic E-state index is -4.34. The van der Waals surface area contributed by atoms with Crippen LogP contribution in [-0.4, -0.2) is 19.1 Å². The van der Waals surface area contributed by atoms with Crippen LogP contribution < -0.4 is 5.32 Å². The number of halogens is 3. The van der Waals surface area contributed by atoms with Crippen molar-refractivity contribution in [3.05, 3.63) is 35.4 Å². The lowest BCUT2D eigenvalue weighted by molar-refractivity contribution is -0.137. The fourth-order valence-corrected chi connectivity index (χ4v) is 2.12. The van der Waals surface area contributed by atoms with Crippen molar-refractivity contribution in [1.29, 1.82) is 0 Å². The van der Waals surface area contributed by atoms with E-state index in [9.17, 15) is 18.0 Å². The molecule has 1 fully saturated rings. The summed E-state index contributed by atoms with van der Waals surface area (Å²) in [5.74, 6) is -0.276. The lowest BCUT2D eigenvalue weighted by atomic mass is 10.0. The smallest absolute Gasteiger partial charge is 0.381 e. The average Bonchev–Trinajstić information content (AvgIpc) is 2.91. The van der Waals surface area contributed by atoms with E-state index in [1.165, 1.54) is 12.1 Å². The summed E-state index contributed by atoms with van der Waals surface area (Å²) in [4.78, 5) is 11.9. The molecule has 3 nitrogen and oxygen atoms in total. The lowest BCUT2D eigenvalue weighted by Crippen LogP contribution is -2.33. The summed E-state index contributed by atoms with van der Waals surface area (Å²) >= 11 is 0. The maximum absolute atomic E-state index is 12.5. The van der Waals surface area contributed by atoms with Crippen LogP contribution in [0.5, 0.6) is 0 Å². The van der Waals surface area contributed by atoms with Crippen molar-refractivity contribution in [1.82, 2.24) is 5.32 Å². The maximum atomic E-state index is 12.5. The molecule has 1 aromatic carbocycles. The monoisotopic (exact) mass is 287 g/mol. The third kappa shape index (κ3) is 3.50. The van der Waals surface area contributed by atoms with Crippen molar-refractivity contribution >= 4 is 5.91 Å². The molecule has 1 aliphatic heterocycles. The number of hydrogen-bond donors (Lipinski definition) is 1. The summed E-state index contributed by atoms with van der Waals surface area (Å²) in [6.45, 7) is 2.73. The van der Waals surface area contributed by atoms with Crippen molar-refractivity contribution in [3.63, 3.8) is 0 Å². The first-order valence-electron chi connectivity index (χ1n) is 6.43. The van der Waals surface area contributed by atoms with E-state index in [1.807, 2.05) is 0 Å². The summed E-state index contributed by atoms with van der Waals surface area (Å²) in [6, 6.07) is 4.50. The van der Waals surface area contributed by atoms with Gasteiger partial charge >= 0.3 is 6.18 Å². The van der Waals surface area contributed by atoms with Gasteiger partial charge in [-0.15, -0.1) is 0 Å². The van der Waals surface area contributed by atoms with Crippen LogP contribution in [0, 0.1) is 5.92 Å². The van der Waals surface area contributed by atoms with E-state index in [4.69, 9.17) is 4.74 Å². The van der Waals surface area contributed by atoms with Gasteiger partial charge in [-0.1, -0.05) is 12.1 Å². The van der Waals surface area contributed by atoms with Gasteiger partial charge in [0, 0.05) is 6.61 Å². The molecule has 0 spiro atoms. The molecule has 0 aromatic heterocycles. The Morgan fingerprint density at radius 3 is 2.50 bits per heavy atom. The molecule has 1 unspecified atom stereocenters. The Morgan fingerprint density at radius 2 is 2.00 bits per heavy atom. The molecule has 1 aromatic rings. The third-order valence-corrected chi connectivity index (χ3v) is 3.40. The number of alkyl halides is 3. The number of benzene rings is 1. The van der Waals surface area contributed by atoms with Crippen molar-refractivity contribution in [2.45, 2.75) is 25.6 Å². The van der Waals surface area contributed by atoms with E-state index in [2.05, 4.69) is 5.32 Å². The highest BCUT2D eigenvalue weighted by Gasteiger charge is 2.30. The minimum Gasteiger partial charge on any atom is -0.381 e. The Bertz CT molecular complexity index is 464. The van der Waals surface area contributed by atoms with Crippen LogP contribution >= 0.6 is 0 Å². The van der Waals surface area contributed by atoms with Crippen LogP contribution in [0.4, 0.5) is 13.2 Å². The molecule has 6 heteroatoms. The Balaban J connectivity index is 1.98. The molecule has 1 amide bonds. The molecule has 0 saturated carbocycles. The largest absolute Gasteiger partial charge is 0.416 e. The second kappa shape index (κ2) is 5.83. The van der Waals surface area contributed by atoms with Crippen LogP contribution in [0.1, 0.15) is 30.5 Å². The van der Waals surface area contributed by atoms with Gasteiger partial charge in [-0.2, -0.15) is 13.2 Å². The topological polar surface area (TPSA) is 38.3 Å². The summed E-state index contributed by atoms with van der Waals surface area (Å²) < 4.78 is 42.5. The molecule has 2 rings (SSSR count). The highest BCUT2D eigenvalue weighted by molar-refractivity contribution is 5.79. The third-order valence-electron chi connectivity index (χ3n) is 3.40. The van der Waals surface area contributed by atoms with Gasteiger partial charge in [0.1, 0.15) is 0 Å². The molecular formula is C14H16F3NO2. The molecule has 20 heavy (non-hydrogen) atoms. The number of hydrogen-bond acceptors (Lipinski definition) is 2. The van der Waals surface area contributed by atoms with Gasteiger partial charge in [-0.3, -0.25) is 4.79 Å². The fourth-order valence-electron chi connectivity index (χ4n) is 2.12. The van der Waals surface area contributed by atoms with Crippen molar-refractivity contribution in [2.24, 2.45) is 5.92 Å². The number of carbonyl (C=O) groups excluding carboxylic acids is 1. The average molecular weight is 287 g/mol. The molecule has 0 aliphatic carbocycles. The number of amides is 1. The Labute approximate surface area is 115 Å². The van der Waals surface area contributed by atoms with Crippen molar-refractivity contribution < 1.29 is 22.7 Å². The number of carbonyl (C=O) groups is 1. The van der Waals surface area contributed by atoms with Gasteiger partial charge in [0.15, 0.2) is 0 Å². The minimum absolute atomic E-state index is 0.116. The molecule has 1 aliphatic rings. The quantitative estimate of drug-likeness (QED) is 0.928. The summed E-state index contributed by atoms with van der Waals surface area (Å²) in [6.07, 6.45) is -3.65. The highest BCUT2D eigenvalue weighted by atomic mass is 19.4. The molecule has 1 saturated heterocycles. The van der Waals surface area contributed by atoms with Gasteiger partial charge in [-0.25, -0.2) is 0 Å². The van der Waals surface area contributed by atoms with Crippen molar-refractivity contribution in [3.8, 4) is 0 Å². The Morgan fingerprint density at radius 1 is 1.35 bits per heavy atom. The second-order valence-corrected chi connectivity index (χ2v) is 4.91. The zero-order chi connectivity index (χ0) is 14.8. The van der Waals surface area contributed by atoms with Gasteiger partial charge in [0.25, 0.3) is 0 Å². The van der Waals surface area contributed by atoms with Gasteiger partial charge in [0.05, 0.1) is 24.1 Å². The molecule has 0 radical (unpaired) electrons. The predicted molar refractivity (Wildman–Crippen MR) is 66.9 cm³/mol. The van der Waals surface area contributed by atoms with Crippen LogP contribution in [0.15, 0.2) is 24.3 Å². The first-order valence-corrected chi connectivity index (χ1v) is 6.43. The molecule has 1 heterocycles. The molecule has 2 atom stereocenters. The van der Waals surface area contributed by atoms with Crippen LogP contribution in [0.2, 0.25) is 0 Å². The van der Waals surface area contributed by atoms with E-state index < -0.39 is 11.7 Å². The molecule has 0 bridgehead atoms. The second-order valence-electron chi connectivity index (χ2n) is 4.91. The van der Waals surface area contributed by atoms with Crippen molar-refractivity contribution in [2.75, 3.05) is 13.2 Å². The summed E-state index contributed by atoms with van der Waals surface area (Å²) in [5, 5.41) is 2.80. The molecular weight excluding hydrogens is 271 g/mol. The van der Waals surface area contributed by atoms with E-state index in [-0.39, 0.29) is 17.9 Å². The zero-order valence-corrected chi connectivity index (χ0v) is 11.0. The van der Waals surface area contributed by atoms with Gasteiger partial charge < -0.3 is 10.1 Å². The standard InChI is InChI=1S/C14H16F3NO2/c1-9(18-13(19)11-6-7-20-8-11)10-2-4-12(5-3-10)14(15,16)17/h2-5,9,11H,6-8H2,1H3,(H,18,19)/t9-,11?/m1/s1. The van der Waals surface area contributed by atoms with Gasteiger partial charge in [-0.05, 0) is 31.0 Å². The van der Waals surface area contributed by atoms with Crippen LogP contribution in [-0.2, 0) is 15.7 Å². The Hall–Kier alpha value is -1.56. The fraction of sp³-hybridized carbons (Fsp3) is 0.500. The predicted octanol–water partition coefficient (Wildman–Crippen LogP) is 2.92. The van der Waals surface area contributed by atoms with Crippen LogP contribution in [0.3, 0.4) is 0 Å². The first-order chi connectivity index (χ1) is 9.38. The van der Waals surface area contributed by atoms with Gasteiger partial charge in [0.2, 0.25) is 5.91 Å². The zero-order valence-electron chi connectivity index (χ0n) is 11.0. The SMILES string of the molecule is C[C@@H](NC(=O)C1CCOC1)c1ccc(C(F)(F)F)cc1. The number of nitrogens with one attached hydrogen (secondary N) is 1. The maximum Gasteiger partial charge on any atom is 0.416 e. The number of ether oxygens (including phenoxy) is 1. The van der Waals surface area contributed by atoms with E-state index in [0.717, 1.165) is 12.1 Å². The molecule has 110 valence electrons. The summed E-state index contributed by atoms with van der Waals surface area (Å²) in [7, 11) is 0. The first kappa shape index (κ1) is 14.8. The van der Waals surface area contributed by atoms with Crippen LogP contribution in [0.25, 0.3) is 0 Å². The molecule has 1 N–H and O–H groups in total. The Kier molecular flexibility index (Phi) is 4.32. The highest BCUT2D eigenvalue weighted by Crippen LogP contribution is 2.30. The van der Waals surface area contributed by atoms with E-state index in [1.54, 1.807) is 6.92 Å². The number of rotatable bonds is 3.